The van der Waals surface area contributed by atoms with Crippen LogP contribution in [0.25, 0.3) is 0 Å². The zero-order chi connectivity index (χ0) is 20.1. The van der Waals surface area contributed by atoms with Crippen molar-refractivity contribution in [3.05, 3.63) is 64.4 Å². The number of halogens is 2. The van der Waals surface area contributed by atoms with E-state index in [1.54, 1.807) is 26.0 Å². The first-order chi connectivity index (χ1) is 12.7. The lowest BCUT2D eigenvalue weighted by molar-refractivity contribution is -0.118. The first kappa shape index (κ1) is 20.6. The average Bonchev–Trinajstić information content (AvgIpc) is 2.63. The second kappa shape index (κ2) is 8.77. The van der Waals surface area contributed by atoms with Crippen LogP contribution in [0, 0.1) is 11.7 Å². The molecule has 0 saturated carbocycles. The van der Waals surface area contributed by atoms with Crippen molar-refractivity contribution in [1.29, 1.82) is 0 Å². The molecule has 1 amide bonds. The van der Waals surface area contributed by atoms with Crippen molar-refractivity contribution >= 4 is 34.9 Å². The van der Waals surface area contributed by atoms with E-state index in [2.05, 4.69) is 5.32 Å². The summed E-state index contributed by atoms with van der Waals surface area (Å²) < 4.78 is 18.8. The van der Waals surface area contributed by atoms with Crippen molar-refractivity contribution in [3.8, 4) is 0 Å². The Balaban J connectivity index is 2.05. The third kappa shape index (κ3) is 5.37. The van der Waals surface area contributed by atoms with Crippen LogP contribution in [0.3, 0.4) is 0 Å². The van der Waals surface area contributed by atoms with Crippen molar-refractivity contribution < 1.29 is 23.5 Å². The molecular formula is C20H19ClFNO4. The smallest absolute Gasteiger partial charge is 0.341 e. The molecule has 1 N–H and O–H groups in total. The van der Waals surface area contributed by atoms with Gasteiger partial charge in [-0.3, -0.25) is 9.59 Å². The summed E-state index contributed by atoms with van der Waals surface area (Å²) in [7, 11) is 0. The van der Waals surface area contributed by atoms with Crippen LogP contribution < -0.4 is 5.32 Å². The predicted octanol–water partition coefficient (Wildman–Crippen LogP) is 4.50. The Morgan fingerprint density at radius 1 is 1.04 bits per heavy atom. The van der Waals surface area contributed by atoms with Crippen molar-refractivity contribution in [2.24, 2.45) is 5.92 Å². The summed E-state index contributed by atoms with van der Waals surface area (Å²) in [6.07, 6.45) is -1.12. The number of carbonyl (C=O) groups is 3. The van der Waals surface area contributed by atoms with E-state index in [0.717, 1.165) is 12.1 Å². The molecule has 0 aliphatic rings. The summed E-state index contributed by atoms with van der Waals surface area (Å²) in [5.74, 6) is -2.52. The molecule has 0 heterocycles. The third-order valence-electron chi connectivity index (χ3n) is 3.76. The molecule has 0 bridgehead atoms. The molecule has 142 valence electrons. The van der Waals surface area contributed by atoms with Crippen LogP contribution >= 0.6 is 11.6 Å². The molecule has 27 heavy (non-hydrogen) atoms. The monoisotopic (exact) mass is 391 g/mol. The van der Waals surface area contributed by atoms with Gasteiger partial charge >= 0.3 is 5.97 Å². The minimum Gasteiger partial charge on any atom is -0.451 e. The normalized spacial score (nSPS) is 11.8. The van der Waals surface area contributed by atoms with Gasteiger partial charge in [-0.1, -0.05) is 25.4 Å². The summed E-state index contributed by atoms with van der Waals surface area (Å²) in [4.78, 5) is 36.2. The number of hydrogen-bond donors (Lipinski definition) is 1. The van der Waals surface area contributed by atoms with E-state index >= 15 is 0 Å². The van der Waals surface area contributed by atoms with Gasteiger partial charge in [0.2, 0.25) is 11.7 Å². The van der Waals surface area contributed by atoms with Crippen molar-refractivity contribution in [3.63, 3.8) is 0 Å². The highest BCUT2D eigenvalue weighted by atomic mass is 35.5. The van der Waals surface area contributed by atoms with Gasteiger partial charge in [-0.25, -0.2) is 9.18 Å². The molecule has 1 atom stereocenters. The second-order valence-electron chi connectivity index (χ2n) is 6.26. The molecule has 0 aromatic heterocycles. The molecule has 0 fully saturated rings. The number of nitrogens with one attached hydrogen (secondary N) is 1. The van der Waals surface area contributed by atoms with E-state index in [1.807, 2.05) is 0 Å². The summed E-state index contributed by atoms with van der Waals surface area (Å²) in [5, 5.41) is 2.89. The highest BCUT2D eigenvalue weighted by molar-refractivity contribution is 6.30. The zero-order valence-corrected chi connectivity index (χ0v) is 15.8. The maximum atomic E-state index is 13.7. The Morgan fingerprint density at radius 2 is 1.67 bits per heavy atom. The molecular weight excluding hydrogens is 373 g/mol. The van der Waals surface area contributed by atoms with Crippen LogP contribution in [0.15, 0.2) is 42.5 Å². The molecule has 5 nitrogen and oxygen atoms in total. The number of ether oxygens (including phenoxy) is 1. The topological polar surface area (TPSA) is 72.5 Å². The van der Waals surface area contributed by atoms with E-state index in [1.165, 1.54) is 25.1 Å². The highest BCUT2D eigenvalue weighted by Gasteiger charge is 2.22. The van der Waals surface area contributed by atoms with Gasteiger partial charge in [0.1, 0.15) is 5.82 Å². The average molecular weight is 392 g/mol. The van der Waals surface area contributed by atoms with Crippen LogP contribution in [0.5, 0.6) is 0 Å². The van der Waals surface area contributed by atoms with Crippen LogP contribution in [0.1, 0.15) is 41.5 Å². The summed E-state index contributed by atoms with van der Waals surface area (Å²) in [6.45, 7) is 4.94. The molecule has 0 spiro atoms. The Kier molecular flexibility index (Phi) is 6.69. The number of amides is 1. The molecule has 0 aliphatic carbocycles. The van der Waals surface area contributed by atoms with E-state index < -0.39 is 23.7 Å². The second-order valence-corrected chi connectivity index (χ2v) is 6.69. The van der Waals surface area contributed by atoms with Gasteiger partial charge < -0.3 is 10.1 Å². The van der Waals surface area contributed by atoms with Crippen molar-refractivity contribution in [2.45, 2.75) is 26.9 Å². The first-order valence-electron chi connectivity index (χ1n) is 8.30. The fourth-order valence-electron chi connectivity index (χ4n) is 2.17. The number of ketones is 1. The van der Waals surface area contributed by atoms with Gasteiger partial charge in [0.05, 0.1) is 5.56 Å². The van der Waals surface area contributed by atoms with Crippen molar-refractivity contribution in [1.82, 2.24) is 0 Å². The number of esters is 1. The lowest BCUT2D eigenvalue weighted by atomic mass is 10.1. The molecule has 0 saturated heterocycles. The quantitative estimate of drug-likeness (QED) is 0.581. The number of rotatable bonds is 6. The maximum Gasteiger partial charge on any atom is 0.341 e. The molecule has 2 rings (SSSR count). The largest absolute Gasteiger partial charge is 0.451 e. The molecule has 0 unspecified atom stereocenters. The zero-order valence-electron chi connectivity index (χ0n) is 15.1. The number of hydrogen-bond acceptors (Lipinski definition) is 4. The number of benzene rings is 2. The fourth-order valence-corrected chi connectivity index (χ4v) is 2.34. The van der Waals surface area contributed by atoms with Gasteiger partial charge in [0.25, 0.3) is 0 Å². The van der Waals surface area contributed by atoms with Crippen molar-refractivity contribution in [2.75, 3.05) is 5.32 Å². The minimum atomic E-state index is -1.12. The van der Waals surface area contributed by atoms with Crippen LogP contribution in [-0.2, 0) is 9.53 Å². The Morgan fingerprint density at radius 3 is 2.26 bits per heavy atom. The maximum absolute atomic E-state index is 13.7. The number of carbonyl (C=O) groups excluding carboxylic acids is 3. The van der Waals surface area contributed by atoms with Gasteiger partial charge in [0.15, 0.2) is 6.10 Å². The van der Waals surface area contributed by atoms with Crippen LogP contribution in [0.4, 0.5) is 10.1 Å². The van der Waals surface area contributed by atoms with Gasteiger partial charge in [-0.15, -0.1) is 0 Å². The number of anilines is 1. The molecule has 7 heteroatoms. The lowest BCUT2D eigenvalue weighted by Crippen LogP contribution is -2.25. The molecule has 2 aromatic carbocycles. The predicted molar refractivity (Wildman–Crippen MR) is 101 cm³/mol. The standard InChI is InChI=1S/C20H19ClFNO4/c1-11(2)19(25)23-15-7-4-13(5-8-15)18(24)12(3)27-20(26)16-10-14(21)6-9-17(16)22/h4-12H,1-3H3,(H,23,25)/t12-/m1/s1. The van der Waals surface area contributed by atoms with E-state index in [4.69, 9.17) is 16.3 Å². The van der Waals surface area contributed by atoms with Gasteiger partial charge in [-0.2, -0.15) is 0 Å². The number of Topliss-reactive ketones (excluding diaryl/α,β-unsaturated/α-hetero) is 1. The molecule has 0 aliphatic heterocycles. The van der Waals surface area contributed by atoms with Crippen LogP contribution in [0.2, 0.25) is 5.02 Å². The SMILES string of the molecule is CC(C)C(=O)Nc1ccc(C(=O)[C@@H](C)OC(=O)c2cc(Cl)ccc2F)cc1. The Hall–Kier alpha value is -2.73. The van der Waals surface area contributed by atoms with E-state index in [9.17, 15) is 18.8 Å². The Labute approximate surface area is 161 Å². The molecule has 2 aromatic rings. The molecule has 0 radical (unpaired) electrons. The van der Waals surface area contributed by atoms with Gasteiger partial charge in [0, 0.05) is 22.2 Å². The lowest BCUT2D eigenvalue weighted by Gasteiger charge is -2.13. The fraction of sp³-hybridized carbons (Fsp3) is 0.250. The summed E-state index contributed by atoms with van der Waals surface area (Å²) in [6, 6.07) is 9.70. The summed E-state index contributed by atoms with van der Waals surface area (Å²) in [5.41, 5.74) is 0.509. The van der Waals surface area contributed by atoms with E-state index in [0.29, 0.717) is 11.3 Å². The van der Waals surface area contributed by atoms with E-state index in [-0.39, 0.29) is 22.4 Å². The first-order valence-corrected chi connectivity index (χ1v) is 8.68. The van der Waals surface area contributed by atoms with Crippen LogP contribution in [-0.4, -0.2) is 23.8 Å². The van der Waals surface area contributed by atoms with Gasteiger partial charge in [-0.05, 0) is 49.4 Å². The Bertz CT molecular complexity index is 865. The highest BCUT2D eigenvalue weighted by Crippen LogP contribution is 2.18. The summed E-state index contributed by atoms with van der Waals surface area (Å²) >= 11 is 5.75. The third-order valence-corrected chi connectivity index (χ3v) is 4.00. The minimum absolute atomic E-state index is 0.139.